The zero-order valence-electron chi connectivity index (χ0n) is 15.9. The molecule has 0 radical (unpaired) electrons. The molecule has 1 aromatic carbocycles. The van der Waals surface area contributed by atoms with E-state index in [9.17, 15) is 9.90 Å². The van der Waals surface area contributed by atoms with E-state index >= 15 is 0 Å². The Morgan fingerprint density at radius 3 is 2.42 bits per heavy atom. The summed E-state index contributed by atoms with van der Waals surface area (Å²) in [6.07, 6.45) is 1.86. The average molecular weight is 332 g/mol. The molecule has 3 heteroatoms. The minimum absolute atomic E-state index is 0.194. The minimum Gasteiger partial charge on any atom is -0.481 e. The van der Waals surface area contributed by atoms with Crippen molar-refractivity contribution in [2.45, 2.75) is 52.9 Å². The van der Waals surface area contributed by atoms with Gasteiger partial charge in [0, 0.05) is 19.6 Å². The van der Waals surface area contributed by atoms with E-state index in [1.807, 2.05) is 0 Å². The Morgan fingerprint density at radius 2 is 1.88 bits per heavy atom. The Morgan fingerprint density at radius 1 is 1.25 bits per heavy atom. The standard InChI is InChI=1S/C21H33NO2/c1-15(10-17-6-8-19(9-7-17)21(3,4)5)12-22-13-16(2)11-18(14-22)20(23)24/h6-9,15-16,18H,10-14H2,1-5H3,(H,23,24). The second-order valence-corrected chi connectivity index (χ2v) is 8.85. The average Bonchev–Trinajstić information content (AvgIpc) is 2.46. The molecule has 3 nitrogen and oxygen atoms in total. The van der Waals surface area contributed by atoms with Crippen LogP contribution in [0.25, 0.3) is 0 Å². The Kier molecular flexibility index (Phi) is 6.08. The van der Waals surface area contributed by atoms with E-state index in [4.69, 9.17) is 0 Å². The normalized spacial score (nSPS) is 23.9. The van der Waals surface area contributed by atoms with E-state index in [0.717, 1.165) is 25.9 Å². The molecule has 0 amide bonds. The molecule has 1 N–H and O–H groups in total. The van der Waals surface area contributed by atoms with Crippen molar-refractivity contribution in [3.8, 4) is 0 Å². The molecule has 1 aromatic rings. The largest absolute Gasteiger partial charge is 0.481 e. The fraction of sp³-hybridized carbons (Fsp3) is 0.667. The molecule has 3 unspecified atom stereocenters. The van der Waals surface area contributed by atoms with Crippen LogP contribution in [0.4, 0.5) is 0 Å². The molecule has 24 heavy (non-hydrogen) atoms. The highest BCUT2D eigenvalue weighted by Crippen LogP contribution is 2.25. The Hall–Kier alpha value is -1.35. The molecule has 0 aromatic heterocycles. The number of hydrogen-bond donors (Lipinski definition) is 1. The topological polar surface area (TPSA) is 40.5 Å². The number of likely N-dealkylation sites (tertiary alicyclic amines) is 1. The van der Waals surface area contributed by atoms with Gasteiger partial charge in [-0.25, -0.2) is 0 Å². The van der Waals surface area contributed by atoms with E-state index < -0.39 is 5.97 Å². The Labute approximate surface area is 147 Å². The summed E-state index contributed by atoms with van der Waals surface area (Å²) in [6.45, 7) is 13.9. The molecule has 0 aliphatic carbocycles. The van der Waals surface area contributed by atoms with Crippen LogP contribution in [0.5, 0.6) is 0 Å². The molecule has 134 valence electrons. The summed E-state index contributed by atoms with van der Waals surface area (Å²) in [6, 6.07) is 8.98. The second-order valence-electron chi connectivity index (χ2n) is 8.85. The SMILES string of the molecule is CC(Cc1ccc(C(C)(C)C)cc1)CN1CC(C)CC(C(=O)O)C1. The van der Waals surface area contributed by atoms with Crippen molar-refractivity contribution in [3.63, 3.8) is 0 Å². The van der Waals surface area contributed by atoms with Crippen LogP contribution in [0.2, 0.25) is 0 Å². The van der Waals surface area contributed by atoms with E-state index in [1.54, 1.807) is 0 Å². The lowest BCUT2D eigenvalue weighted by Gasteiger charge is -2.36. The third-order valence-corrected chi connectivity index (χ3v) is 5.06. The first-order valence-corrected chi connectivity index (χ1v) is 9.19. The van der Waals surface area contributed by atoms with Gasteiger partial charge >= 0.3 is 5.97 Å². The number of carbonyl (C=O) groups is 1. The minimum atomic E-state index is -0.642. The first-order chi connectivity index (χ1) is 11.1. The number of benzene rings is 1. The maximum atomic E-state index is 11.3. The van der Waals surface area contributed by atoms with Crippen molar-refractivity contribution in [2.24, 2.45) is 17.8 Å². The number of carboxylic acids is 1. The predicted octanol–water partition coefficient (Wildman–Crippen LogP) is 4.21. The van der Waals surface area contributed by atoms with Gasteiger partial charge in [-0.05, 0) is 41.2 Å². The van der Waals surface area contributed by atoms with Gasteiger partial charge in [-0.15, -0.1) is 0 Å². The van der Waals surface area contributed by atoms with Crippen molar-refractivity contribution < 1.29 is 9.90 Å². The van der Waals surface area contributed by atoms with Crippen LogP contribution in [0, 0.1) is 17.8 Å². The molecule has 1 heterocycles. The van der Waals surface area contributed by atoms with Gasteiger partial charge in [0.05, 0.1) is 5.92 Å². The number of aliphatic carboxylic acids is 1. The summed E-state index contributed by atoms with van der Waals surface area (Å²) in [5.41, 5.74) is 2.93. The first-order valence-electron chi connectivity index (χ1n) is 9.19. The smallest absolute Gasteiger partial charge is 0.307 e. The van der Waals surface area contributed by atoms with Gasteiger partial charge < -0.3 is 10.0 Å². The third kappa shape index (κ3) is 5.34. The molecule has 1 aliphatic heterocycles. The van der Waals surface area contributed by atoms with Gasteiger partial charge in [-0.3, -0.25) is 4.79 Å². The molecule has 0 saturated carbocycles. The number of piperidine rings is 1. The van der Waals surface area contributed by atoms with E-state index in [2.05, 4.69) is 63.8 Å². The van der Waals surface area contributed by atoms with Gasteiger partial charge in [0.15, 0.2) is 0 Å². The highest BCUT2D eigenvalue weighted by Gasteiger charge is 2.29. The molecule has 0 bridgehead atoms. The highest BCUT2D eigenvalue weighted by molar-refractivity contribution is 5.70. The van der Waals surface area contributed by atoms with Crippen molar-refractivity contribution >= 4 is 5.97 Å². The highest BCUT2D eigenvalue weighted by atomic mass is 16.4. The van der Waals surface area contributed by atoms with Crippen LogP contribution < -0.4 is 0 Å². The van der Waals surface area contributed by atoms with Crippen molar-refractivity contribution in [3.05, 3.63) is 35.4 Å². The van der Waals surface area contributed by atoms with Crippen LogP contribution in [0.1, 0.15) is 52.2 Å². The van der Waals surface area contributed by atoms with E-state index in [0.29, 0.717) is 18.4 Å². The van der Waals surface area contributed by atoms with Gasteiger partial charge in [-0.2, -0.15) is 0 Å². The summed E-state index contributed by atoms with van der Waals surface area (Å²) >= 11 is 0. The summed E-state index contributed by atoms with van der Waals surface area (Å²) in [4.78, 5) is 13.7. The second kappa shape index (κ2) is 7.69. The predicted molar refractivity (Wildman–Crippen MR) is 99.4 cm³/mol. The van der Waals surface area contributed by atoms with Crippen molar-refractivity contribution in [1.29, 1.82) is 0 Å². The van der Waals surface area contributed by atoms with Crippen molar-refractivity contribution in [1.82, 2.24) is 4.90 Å². The summed E-state index contributed by atoms with van der Waals surface area (Å²) in [7, 11) is 0. The maximum Gasteiger partial charge on any atom is 0.307 e. The van der Waals surface area contributed by atoms with Gasteiger partial charge in [0.25, 0.3) is 0 Å². The molecule has 1 fully saturated rings. The Bertz CT molecular complexity index is 544. The molecule has 1 aliphatic rings. The maximum absolute atomic E-state index is 11.3. The molecular formula is C21H33NO2. The lowest BCUT2D eigenvalue weighted by Crippen LogP contribution is -2.44. The van der Waals surface area contributed by atoms with Crippen molar-refractivity contribution in [2.75, 3.05) is 19.6 Å². The van der Waals surface area contributed by atoms with Crippen LogP contribution in [0.15, 0.2) is 24.3 Å². The Balaban J connectivity index is 1.90. The fourth-order valence-corrected chi connectivity index (χ4v) is 3.84. The van der Waals surface area contributed by atoms with Gasteiger partial charge in [-0.1, -0.05) is 58.9 Å². The van der Waals surface area contributed by atoms with Crippen LogP contribution >= 0.6 is 0 Å². The quantitative estimate of drug-likeness (QED) is 0.879. The lowest BCUT2D eigenvalue weighted by atomic mass is 9.86. The van der Waals surface area contributed by atoms with Crippen LogP contribution in [0.3, 0.4) is 0 Å². The number of hydrogen-bond acceptors (Lipinski definition) is 2. The van der Waals surface area contributed by atoms with Gasteiger partial charge in [0.1, 0.15) is 0 Å². The van der Waals surface area contributed by atoms with Crippen LogP contribution in [-0.4, -0.2) is 35.6 Å². The lowest BCUT2D eigenvalue weighted by molar-refractivity contribution is -0.144. The molecule has 1 saturated heterocycles. The molecule has 2 rings (SSSR count). The number of carboxylic acid groups (broad SMARTS) is 1. The first kappa shape index (κ1) is 19.0. The zero-order valence-corrected chi connectivity index (χ0v) is 15.9. The molecule has 3 atom stereocenters. The summed E-state index contributed by atoms with van der Waals surface area (Å²) in [5, 5.41) is 9.31. The van der Waals surface area contributed by atoms with E-state index in [-0.39, 0.29) is 11.3 Å². The summed E-state index contributed by atoms with van der Waals surface area (Å²) in [5.74, 6) is 0.160. The molecular weight excluding hydrogens is 298 g/mol. The van der Waals surface area contributed by atoms with Crippen LogP contribution in [-0.2, 0) is 16.6 Å². The third-order valence-electron chi connectivity index (χ3n) is 5.06. The fourth-order valence-electron chi connectivity index (χ4n) is 3.84. The van der Waals surface area contributed by atoms with E-state index in [1.165, 1.54) is 11.1 Å². The summed E-state index contributed by atoms with van der Waals surface area (Å²) < 4.78 is 0. The van der Waals surface area contributed by atoms with Gasteiger partial charge in [0.2, 0.25) is 0 Å². The number of nitrogens with zero attached hydrogens (tertiary/aromatic N) is 1. The molecule has 0 spiro atoms. The number of rotatable bonds is 5. The zero-order chi connectivity index (χ0) is 17.9. The monoisotopic (exact) mass is 331 g/mol.